The molecule has 0 heterocycles. The van der Waals surface area contributed by atoms with Crippen molar-refractivity contribution < 1.29 is 24.5 Å². The maximum absolute atomic E-state index is 12.4. The lowest BCUT2D eigenvalue weighted by Gasteiger charge is -2.20. The molecular weight excluding hydrogens is 647 g/mol. The Morgan fingerprint density at radius 2 is 0.904 bits per heavy atom. The van der Waals surface area contributed by atoms with Crippen LogP contribution in [-0.4, -0.2) is 47.4 Å². The first kappa shape index (κ1) is 50.3. The number of aliphatic hydroxyl groups excluding tert-OH is 2. The molecule has 0 aromatic heterocycles. The zero-order valence-electron chi connectivity index (χ0n) is 34.5. The van der Waals surface area contributed by atoms with Gasteiger partial charge in [0.25, 0.3) is 0 Å². The van der Waals surface area contributed by atoms with Crippen LogP contribution >= 0.6 is 0 Å². The quantitative estimate of drug-likeness (QED) is 0.0330. The molecule has 2 unspecified atom stereocenters. The van der Waals surface area contributed by atoms with Crippen molar-refractivity contribution in [2.24, 2.45) is 0 Å². The van der Waals surface area contributed by atoms with Crippen molar-refractivity contribution in [3.05, 3.63) is 24.3 Å². The Bertz CT molecular complexity index is 813. The van der Waals surface area contributed by atoms with Gasteiger partial charge in [-0.05, 0) is 64.2 Å². The van der Waals surface area contributed by atoms with Gasteiger partial charge in [0.15, 0.2) is 0 Å². The van der Waals surface area contributed by atoms with Gasteiger partial charge in [0, 0.05) is 12.8 Å². The number of rotatable bonds is 41. The molecule has 2 atom stereocenters. The predicted octanol–water partition coefficient (Wildman–Crippen LogP) is 12.8. The first-order chi connectivity index (χ1) is 25.5. The van der Waals surface area contributed by atoms with Crippen molar-refractivity contribution in [3.63, 3.8) is 0 Å². The molecule has 0 aliphatic heterocycles. The van der Waals surface area contributed by atoms with E-state index in [9.17, 15) is 19.8 Å². The highest BCUT2D eigenvalue weighted by molar-refractivity contribution is 5.76. The predicted molar refractivity (Wildman–Crippen MR) is 223 cm³/mol. The lowest BCUT2D eigenvalue weighted by molar-refractivity contribution is -0.143. The number of allylic oxidation sites excluding steroid dienone is 3. The summed E-state index contributed by atoms with van der Waals surface area (Å²) in [7, 11) is 0. The van der Waals surface area contributed by atoms with Crippen LogP contribution in [0.5, 0.6) is 0 Å². The first-order valence-electron chi connectivity index (χ1n) is 22.6. The molecule has 0 aliphatic carbocycles. The van der Waals surface area contributed by atoms with Gasteiger partial charge in [0.1, 0.15) is 0 Å². The van der Waals surface area contributed by atoms with E-state index in [0.29, 0.717) is 19.4 Å². The minimum absolute atomic E-state index is 0.0256. The molecule has 0 spiro atoms. The summed E-state index contributed by atoms with van der Waals surface area (Å²) in [6, 6.07) is -0.644. The lowest BCUT2D eigenvalue weighted by Crippen LogP contribution is -2.45. The Morgan fingerprint density at radius 1 is 0.519 bits per heavy atom. The minimum Gasteiger partial charge on any atom is -0.466 e. The molecule has 0 aromatic carbocycles. The number of ether oxygens (including phenoxy) is 1. The van der Waals surface area contributed by atoms with E-state index in [4.69, 9.17) is 4.74 Å². The van der Waals surface area contributed by atoms with E-state index in [1.54, 1.807) is 6.08 Å². The molecule has 3 N–H and O–H groups in total. The van der Waals surface area contributed by atoms with Crippen LogP contribution in [0.25, 0.3) is 0 Å². The van der Waals surface area contributed by atoms with Gasteiger partial charge in [0.05, 0.1) is 25.4 Å². The van der Waals surface area contributed by atoms with Crippen LogP contribution in [0.4, 0.5) is 0 Å². The fraction of sp³-hybridized carbons (Fsp3) is 0.870. The molecule has 6 heteroatoms. The van der Waals surface area contributed by atoms with Gasteiger partial charge in [-0.2, -0.15) is 0 Å². The molecule has 6 nitrogen and oxygen atoms in total. The van der Waals surface area contributed by atoms with E-state index >= 15 is 0 Å². The number of carbonyl (C=O) groups excluding carboxylic acids is 2. The molecule has 0 saturated carbocycles. The van der Waals surface area contributed by atoms with Gasteiger partial charge in [-0.1, -0.05) is 179 Å². The minimum atomic E-state index is -0.858. The Morgan fingerprint density at radius 3 is 1.37 bits per heavy atom. The molecule has 52 heavy (non-hydrogen) atoms. The van der Waals surface area contributed by atoms with Gasteiger partial charge >= 0.3 is 5.97 Å². The third-order valence-corrected chi connectivity index (χ3v) is 10.2. The summed E-state index contributed by atoms with van der Waals surface area (Å²) < 4.78 is 5.42. The summed E-state index contributed by atoms with van der Waals surface area (Å²) in [6.07, 6.45) is 47.3. The van der Waals surface area contributed by atoms with E-state index < -0.39 is 12.1 Å². The van der Waals surface area contributed by atoms with E-state index in [1.165, 1.54) is 128 Å². The third-order valence-electron chi connectivity index (χ3n) is 10.2. The van der Waals surface area contributed by atoms with Crippen molar-refractivity contribution in [3.8, 4) is 0 Å². The normalized spacial score (nSPS) is 12.9. The molecular formula is C46H87NO5. The standard InChI is InChI=1S/C46H87NO5/c1-3-5-7-9-11-13-15-19-22-26-30-34-38-44(49)43(42-48)47-45(50)39-35-31-27-23-20-16-17-21-25-29-33-37-41-52-46(51)40-36-32-28-24-18-14-12-10-8-6-4-2/h17,21,34,38,43-44,48-49H,3-16,18-20,22-33,35-37,39-42H2,1-2H3,(H,47,50)/b21-17-,38-34+. The second-order valence-corrected chi connectivity index (χ2v) is 15.4. The Balaban J connectivity index is 3.56. The van der Waals surface area contributed by atoms with Crippen molar-refractivity contribution in [2.75, 3.05) is 13.2 Å². The molecule has 0 aromatic rings. The van der Waals surface area contributed by atoms with Crippen LogP contribution in [-0.2, 0) is 14.3 Å². The average Bonchev–Trinajstić information content (AvgIpc) is 3.14. The highest BCUT2D eigenvalue weighted by atomic mass is 16.5. The molecule has 0 rings (SSSR count). The van der Waals surface area contributed by atoms with E-state index in [-0.39, 0.29) is 18.5 Å². The molecule has 0 fully saturated rings. The summed E-state index contributed by atoms with van der Waals surface area (Å²) in [5, 5.41) is 22.9. The SMILES string of the molecule is CCCCCCCCCCCC/C=C/C(O)C(CO)NC(=O)CCCCCCC/C=C\CCCCCOC(=O)CCCCCCCCCCCCC. The zero-order chi connectivity index (χ0) is 38.0. The smallest absolute Gasteiger partial charge is 0.305 e. The lowest BCUT2D eigenvalue weighted by atomic mass is 10.1. The summed E-state index contributed by atoms with van der Waals surface area (Å²) in [5.74, 6) is -0.121. The number of aliphatic hydroxyl groups is 2. The van der Waals surface area contributed by atoms with Crippen molar-refractivity contribution in [1.29, 1.82) is 0 Å². The van der Waals surface area contributed by atoms with E-state index in [1.807, 2.05) is 6.08 Å². The number of carbonyl (C=O) groups is 2. The van der Waals surface area contributed by atoms with Crippen molar-refractivity contribution in [1.82, 2.24) is 5.32 Å². The van der Waals surface area contributed by atoms with Crippen LogP contribution in [0, 0.1) is 0 Å². The number of esters is 1. The van der Waals surface area contributed by atoms with Crippen LogP contribution in [0.3, 0.4) is 0 Å². The first-order valence-corrected chi connectivity index (χ1v) is 22.6. The Kier molecular flexibility index (Phi) is 40.7. The number of hydrogen-bond acceptors (Lipinski definition) is 5. The highest BCUT2D eigenvalue weighted by Gasteiger charge is 2.18. The van der Waals surface area contributed by atoms with Gasteiger partial charge in [-0.3, -0.25) is 9.59 Å². The van der Waals surface area contributed by atoms with Gasteiger partial charge in [-0.15, -0.1) is 0 Å². The molecule has 0 saturated heterocycles. The van der Waals surface area contributed by atoms with E-state index in [2.05, 4.69) is 31.3 Å². The van der Waals surface area contributed by atoms with Crippen LogP contribution in [0.2, 0.25) is 0 Å². The van der Waals surface area contributed by atoms with Crippen LogP contribution < -0.4 is 5.32 Å². The molecule has 0 radical (unpaired) electrons. The highest BCUT2D eigenvalue weighted by Crippen LogP contribution is 2.14. The second kappa shape index (κ2) is 42.1. The topological polar surface area (TPSA) is 95.9 Å². The monoisotopic (exact) mass is 734 g/mol. The Labute approximate surface area is 322 Å². The van der Waals surface area contributed by atoms with Crippen molar-refractivity contribution in [2.45, 2.75) is 244 Å². The van der Waals surface area contributed by atoms with Gasteiger partial charge < -0.3 is 20.3 Å². The summed E-state index contributed by atoms with van der Waals surface area (Å²) in [6.45, 7) is 4.81. The van der Waals surface area contributed by atoms with Gasteiger partial charge in [-0.25, -0.2) is 0 Å². The summed E-state index contributed by atoms with van der Waals surface area (Å²) in [5.41, 5.74) is 0. The number of amides is 1. The summed E-state index contributed by atoms with van der Waals surface area (Å²) in [4.78, 5) is 24.3. The Hall–Kier alpha value is -1.66. The van der Waals surface area contributed by atoms with Gasteiger partial charge in [0.2, 0.25) is 5.91 Å². The third kappa shape index (κ3) is 38.1. The number of unbranched alkanes of at least 4 members (excludes halogenated alkanes) is 28. The largest absolute Gasteiger partial charge is 0.466 e. The summed E-state index contributed by atoms with van der Waals surface area (Å²) >= 11 is 0. The zero-order valence-corrected chi connectivity index (χ0v) is 34.5. The fourth-order valence-corrected chi connectivity index (χ4v) is 6.68. The second-order valence-electron chi connectivity index (χ2n) is 15.4. The number of nitrogens with one attached hydrogen (secondary N) is 1. The van der Waals surface area contributed by atoms with Crippen molar-refractivity contribution >= 4 is 11.9 Å². The number of hydrogen-bond donors (Lipinski definition) is 3. The van der Waals surface area contributed by atoms with Crippen LogP contribution in [0.1, 0.15) is 232 Å². The average molecular weight is 734 g/mol. The molecule has 1 amide bonds. The van der Waals surface area contributed by atoms with E-state index in [0.717, 1.165) is 77.0 Å². The maximum Gasteiger partial charge on any atom is 0.305 e. The molecule has 306 valence electrons. The molecule has 0 aliphatic rings. The maximum atomic E-state index is 12.4. The van der Waals surface area contributed by atoms with Crippen LogP contribution in [0.15, 0.2) is 24.3 Å². The fourth-order valence-electron chi connectivity index (χ4n) is 6.68. The molecule has 0 bridgehead atoms.